The Kier molecular flexibility index (Phi) is 4.33. The number of nitrogens with zero attached hydrogens (tertiary/aromatic N) is 1. The number of aliphatic carboxylic acids is 1. The van der Waals surface area contributed by atoms with E-state index in [-0.39, 0.29) is 4.87 Å². The molecule has 1 aromatic heterocycles. The summed E-state index contributed by atoms with van der Waals surface area (Å²) in [6.07, 6.45) is 0. The van der Waals surface area contributed by atoms with Crippen LogP contribution in [-0.4, -0.2) is 26.9 Å². The van der Waals surface area contributed by atoms with E-state index in [4.69, 9.17) is 4.74 Å². The molecule has 3 atom stereocenters. The SMILES string of the molecule is O=C(O)C1Sc2c(sc(=O)n2Cc2ccccc2)C2c3ccccc3OC(=O)C12. The van der Waals surface area contributed by atoms with E-state index >= 15 is 0 Å². The van der Waals surface area contributed by atoms with Gasteiger partial charge in [0, 0.05) is 16.4 Å². The van der Waals surface area contributed by atoms with Gasteiger partial charge in [0.25, 0.3) is 0 Å². The van der Waals surface area contributed by atoms with Crippen LogP contribution in [0.1, 0.15) is 21.9 Å². The van der Waals surface area contributed by atoms with Gasteiger partial charge >= 0.3 is 16.8 Å². The minimum atomic E-state index is -1.09. The molecule has 6 nitrogen and oxygen atoms in total. The van der Waals surface area contributed by atoms with Gasteiger partial charge in [0.15, 0.2) is 0 Å². The molecule has 0 fully saturated rings. The number of para-hydroxylation sites is 1. The monoisotopic (exact) mass is 425 g/mol. The van der Waals surface area contributed by atoms with Gasteiger partial charge in [0.1, 0.15) is 11.0 Å². The molecule has 146 valence electrons. The van der Waals surface area contributed by atoms with Crippen molar-refractivity contribution >= 4 is 35.0 Å². The summed E-state index contributed by atoms with van der Waals surface area (Å²) in [7, 11) is 0. The number of rotatable bonds is 3. The van der Waals surface area contributed by atoms with Crippen LogP contribution in [0.15, 0.2) is 64.4 Å². The Morgan fingerprint density at radius 3 is 2.55 bits per heavy atom. The van der Waals surface area contributed by atoms with Crippen LogP contribution in [-0.2, 0) is 16.1 Å². The predicted molar refractivity (Wildman–Crippen MR) is 109 cm³/mol. The molecule has 3 aromatic rings. The fraction of sp³-hybridized carbons (Fsp3) is 0.190. The second kappa shape index (κ2) is 6.89. The van der Waals surface area contributed by atoms with Crippen molar-refractivity contribution in [1.29, 1.82) is 0 Å². The van der Waals surface area contributed by atoms with Crippen LogP contribution in [0.2, 0.25) is 0 Å². The lowest BCUT2D eigenvalue weighted by molar-refractivity contribution is -0.147. The third kappa shape index (κ3) is 2.90. The van der Waals surface area contributed by atoms with Crippen molar-refractivity contribution in [1.82, 2.24) is 4.57 Å². The highest BCUT2D eigenvalue weighted by atomic mass is 32.2. The number of carbonyl (C=O) groups is 2. The van der Waals surface area contributed by atoms with Crippen LogP contribution in [0.5, 0.6) is 5.75 Å². The molecule has 29 heavy (non-hydrogen) atoms. The first-order valence-electron chi connectivity index (χ1n) is 9.02. The molecule has 3 heterocycles. The standard InChI is InChI=1S/C21H15NO5S2/c23-19(24)17-15-14(12-8-4-5-9-13(12)27-20(15)25)16-18(28-17)22(21(26)29-16)10-11-6-2-1-3-7-11/h1-9,14-15,17H,10H2,(H,23,24). The molecule has 0 spiro atoms. The van der Waals surface area contributed by atoms with E-state index in [1.54, 1.807) is 16.7 Å². The summed E-state index contributed by atoms with van der Waals surface area (Å²) in [4.78, 5) is 38.2. The second-order valence-electron chi connectivity index (χ2n) is 6.95. The van der Waals surface area contributed by atoms with E-state index in [0.717, 1.165) is 39.1 Å². The van der Waals surface area contributed by atoms with Gasteiger partial charge in [-0.3, -0.25) is 19.0 Å². The number of esters is 1. The molecule has 0 radical (unpaired) electrons. The highest BCUT2D eigenvalue weighted by molar-refractivity contribution is 8.00. The highest BCUT2D eigenvalue weighted by Gasteiger charge is 2.52. The first-order chi connectivity index (χ1) is 14.0. The summed E-state index contributed by atoms with van der Waals surface area (Å²) in [6.45, 7) is 0.355. The molecule has 8 heteroatoms. The lowest BCUT2D eigenvalue weighted by Crippen LogP contribution is -2.44. The Labute approximate surface area is 173 Å². The Balaban J connectivity index is 1.70. The van der Waals surface area contributed by atoms with Gasteiger partial charge in [-0.25, -0.2) is 0 Å². The highest BCUT2D eigenvalue weighted by Crippen LogP contribution is 2.54. The fourth-order valence-electron chi connectivity index (χ4n) is 3.97. The number of carboxylic acids is 1. The zero-order valence-electron chi connectivity index (χ0n) is 15.0. The van der Waals surface area contributed by atoms with Crippen molar-refractivity contribution in [3.63, 3.8) is 0 Å². The molecule has 2 aliphatic rings. The summed E-state index contributed by atoms with van der Waals surface area (Å²) in [5, 5.41) is 9.45. The van der Waals surface area contributed by atoms with Crippen LogP contribution in [0.25, 0.3) is 0 Å². The Bertz CT molecular complexity index is 1180. The molecule has 0 aliphatic carbocycles. The van der Waals surface area contributed by atoms with Crippen molar-refractivity contribution < 1.29 is 19.4 Å². The minimum absolute atomic E-state index is 0.160. The van der Waals surface area contributed by atoms with Crippen LogP contribution < -0.4 is 9.61 Å². The first kappa shape index (κ1) is 18.2. The zero-order chi connectivity index (χ0) is 20.1. The molecule has 0 saturated carbocycles. The topological polar surface area (TPSA) is 85.6 Å². The maximum absolute atomic E-state index is 12.9. The number of hydrogen-bond acceptors (Lipinski definition) is 6. The molecule has 1 N–H and O–H groups in total. The molecule has 2 aliphatic heterocycles. The molecule has 5 rings (SSSR count). The average molecular weight is 425 g/mol. The van der Waals surface area contributed by atoms with Crippen LogP contribution in [0.3, 0.4) is 0 Å². The molecular formula is C21H15NO5S2. The van der Waals surface area contributed by atoms with Gasteiger partial charge in [-0.05, 0) is 11.6 Å². The molecule has 0 saturated heterocycles. The number of carbonyl (C=O) groups excluding carboxylic acids is 1. The number of thiazole rings is 1. The fourth-order valence-corrected chi connectivity index (χ4v) is 6.62. The van der Waals surface area contributed by atoms with Gasteiger partial charge in [-0.2, -0.15) is 0 Å². The quantitative estimate of drug-likeness (QED) is 0.512. The number of ether oxygens (including phenoxy) is 1. The Morgan fingerprint density at radius 1 is 1.07 bits per heavy atom. The second-order valence-corrected chi connectivity index (χ2v) is 9.07. The van der Waals surface area contributed by atoms with Crippen molar-refractivity contribution in [2.75, 3.05) is 0 Å². The third-order valence-corrected chi connectivity index (χ3v) is 7.85. The third-order valence-electron chi connectivity index (χ3n) is 5.24. The summed E-state index contributed by atoms with van der Waals surface area (Å²) < 4.78 is 7.05. The van der Waals surface area contributed by atoms with Crippen LogP contribution in [0, 0.1) is 5.92 Å². The minimum Gasteiger partial charge on any atom is -0.480 e. The number of carboxylic acid groups (broad SMARTS) is 1. The lowest BCUT2D eigenvalue weighted by Gasteiger charge is -2.37. The zero-order valence-corrected chi connectivity index (χ0v) is 16.6. The number of thioether (sulfide) groups is 1. The van der Waals surface area contributed by atoms with Gasteiger partial charge in [-0.1, -0.05) is 71.6 Å². The van der Waals surface area contributed by atoms with E-state index in [1.165, 1.54) is 0 Å². The maximum Gasteiger partial charge on any atom is 0.317 e. The number of fused-ring (bicyclic) bond motifs is 5. The normalized spacial score (nSPS) is 22.2. The summed E-state index contributed by atoms with van der Waals surface area (Å²) >= 11 is 2.16. The van der Waals surface area contributed by atoms with Crippen LogP contribution >= 0.6 is 23.1 Å². The lowest BCUT2D eigenvalue weighted by atomic mass is 9.80. The maximum atomic E-state index is 12.9. The number of benzene rings is 2. The summed E-state index contributed by atoms with van der Waals surface area (Å²) in [6, 6.07) is 16.7. The van der Waals surface area contributed by atoms with Crippen LogP contribution in [0.4, 0.5) is 0 Å². The van der Waals surface area contributed by atoms with Crippen molar-refractivity contribution in [2.45, 2.75) is 22.7 Å². The van der Waals surface area contributed by atoms with E-state index in [2.05, 4.69) is 0 Å². The van der Waals surface area contributed by atoms with Crippen molar-refractivity contribution in [3.8, 4) is 5.75 Å². The largest absolute Gasteiger partial charge is 0.480 e. The molecule has 3 unspecified atom stereocenters. The average Bonchev–Trinajstić information content (AvgIpc) is 3.03. The van der Waals surface area contributed by atoms with Gasteiger partial charge in [-0.15, -0.1) is 0 Å². The van der Waals surface area contributed by atoms with Gasteiger partial charge in [0.2, 0.25) is 0 Å². The first-order valence-corrected chi connectivity index (χ1v) is 10.7. The van der Waals surface area contributed by atoms with Gasteiger partial charge < -0.3 is 9.84 Å². The van der Waals surface area contributed by atoms with E-state index in [9.17, 15) is 19.5 Å². The van der Waals surface area contributed by atoms with Crippen molar-refractivity contribution in [2.24, 2.45) is 5.92 Å². The molecule has 0 amide bonds. The number of hydrogen-bond donors (Lipinski definition) is 1. The van der Waals surface area contributed by atoms with E-state index in [1.807, 2.05) is 42.5 Å². The van der Waals surface area contributed by atoms with Gasteiger partial charge in [0.05, 0.1) is 17.5 Å². The van der Waals surface area contributed by atoms with Crippen molar-refractivity contribution in [3.05, 3.63) is 80.3 Å². The molecule has 0 bridgehead atoms. The summed E-state index contributed by atoms with van der Waals surface area (Å²) in [5.41, 5.74) is 1.70. The summed E-state index contributed by atoms with van der Waals surface area (Å²) in [5.74, 6) is -2.59. The van der Waals surface area contributed by atoms with E-state index in [0.29, 0.717) is 17.3 Å². The smallest absolute Gasteiger partial charge is 0.317 e. The predicted octanol–water partition coefficient (Wildman–Crippen LogP) is 3.18. The molecule has 2 aromatic carbocycles. The Morgan fingerprint density at radius 2 is 1.79 bits per heavy atom. The van der Waals surface area contributed by atoms with E-state index < -0.39 is 29.0 Å². The number of aromatic nitrogens is 1. The Hall–Kier alpha value is -2.84. The molecular weight excluding hydrogens is 410 g/mol.